The van der Waals surface area contributed by atoms with E-state index in [0.717, 1.165) is 80.0 Å². The van der Waals surface area contributed by atoms with Crippen molar-refractivity contribution in [3.05, 3.63) is 82.4 Å². The van der Waals surface area contributed by atoms with E-state index in [4.69, 9.17) is 11.5 Å². The summed E-state index contributed by atoms with van der Waals surface area (Å²) in [6.07, 6.45) is 3.41. The summed E-state index contributed by atoms with van der Waals surface area (Å²) in [5.41, 5.74) is 8.85. The molecule has 5 heterocycles. The molecule has 0 bridgehead atoms. The maximum atomic E-state index is 12.9. The zero-order valence-electron chi connectivity index (χ0n) is 39.1. The van der Waals surface area contributed by atoms with Crippen LogP contribution in [0.5, 0.6) is 6.01 Å². The second-order valence-electron chi connectivity index (χ2n) is 13.7. The SMILES string of the molecule is Cc1nn(-c2nc([O-])nc(-n3nc(C)c(N=Nc4c(S(C)(=O)=O)cnn4-c4ccc(C(=O)[O-])c(C(=O)[O-])c4)c3N)n2)c(N)c1N=Nc1c(S(C)(=O)=O)cnn1-c1ccc(C(=O)[O-])c(C(=O)[O-])c1.[Li+].[Li+].[Li+].[Li+].[Li+]. The minimum atomic E-state index is -4.10. The molecule has 30 nitrogen and oxygen atoms in total. The minimum absolute atomic E-state index is 0. The van der Waals surface area contributed by atoms with Gasteiger partial charge in [-0.25, -0.2) is 36.2 Å². The molecule has 0 radical (unpaired) electrons. The van der Waals surface area contributed by atoms with Gasteiger partial charge in [-0.15, -0.1) is 20.5 Å². The van der Waals surface area contributed by atoms with Crippen molar-refractivity contribution in [2.24, 2.45) is 20.5 Å². The normalized spacial score (nSPS) is 11.2. The fourth-order valence-electron chi connectivity index (χ4n) is 6.11. The zero-order chi connectivity index (χ0) is 49.0. The maximum Gasteiger partial charge on any atom is 1.00 e. The summed E-state index contributed by atoms with van der Waals surface area (Å²) in [4.78, 5) is 57.1. The fraction of sp³-hybridized carbons (Fsp3) is 0.114. The van der Waals surface area contributed by atoms with Crippen LogP contribution in [-0.4, -0.2) is 107 Å². The van der Waals surface area contributed by atoms with Crippen LogP contribution >= 0.6 is 0 Å². The smallest absolute Gasteiger partial charge is 0.844 e. The average Bonchev–Trinajstić information content (AvgIpc) is 4.01. The molecule has 5 aromatic heterocycles. The van der Waals surface area contributed by atoms with Crippen LogP contribution in [0.3, 0.4) is 0 Å². The van der Waals surface area contributed by atoms with Crippen LogP contribution < -0.4 is 131 Å². The molecule has 72 heavy (non-hydrogen) atoms. The van der Waals surface area contributed by atoms with E-state index in [1.54, 1.807) is 0 Å². The summed E-state index contributed by atoms with van der Waals surface area (Å²) in [6, 6.07) is 4.44. The topological polar surface area (TPSA) is 463 Å². The number of carboxylic acid groups (broad SMARTS) is 4. The molecule has 4 N–H and O–H groups in total. The number of carbonyl (C=O) groups excluding carboxylic acids is 4. The van der Waals surface area contributed by atoms with Crippen molar-refractivity contribution >= 4 is 78.2 Å². The first-order valence-electron chi connectivity index (χ1n) is 18.0. The number of aromatic nitrogens is 11. The molecule has 0 unspecified atom stereocenters. The number of aryl methyl sites for hydroxylation is 2. The van der Waals surface area contributed by atoms with Crippen molar-refractivity contribution in [3.63, 3.8) is 0 Å². The predicted octanol–water partition coefficient (Wildman–Crippen LogP) is -18.4. The van der Waals surface area contributed by atoms with Crippen molar-refractivity contribution in [1.82, 2.24) is 54.1 Å². The maximum absolute atomic E-state index is 12.9. The fourth-order valence-corrected chi connectivity index (χ4v) is 7.50. The molecule has 37 heteroatoms. The van der Waals surface area contributed by atoms with E-state index in [1.165, 1.54) is 13.8 Å². The molecule has 0 aliphatic heterocycles. The van der Waals surface area contributed by atoms with Crippen LogP contribution in [0.2, 0.25) is 0 Å². The van der Waals surface area contributed by atoms with Gasteiger partial charge in [0.1, 0.15) is 9.79 Å². The molecule has 0 spiro atoms. The van der Waals surface area contributed by atoms with Crippen molar-refractivity contribution in [2.45, 2.75) is 23.6 Å². The zero-order valence-corrected chi connectivity index (χ0v) is 40.7. The van der Waals surface area contributed by atoms with Gasteiger partial charge in [0.25, 0.3) is 11.9 Å². The second kappa shape index (κ2) is 23.5. The summed E-state index contributed by atoms with van der Waals surface area (Å²) in [6.45, 7) is 2.78. The van der Waals surface area contributed by atoms with Gasteiger partial charge in [0.15, 0.2) is 54.3 Å². The molecule has 0 fully saturated rings. The number of rotatable bonds is 14. The van der Waals surface area contributed by atoms with Crippen LogP contribution in [0.1, 0.15) is 52.8 Å². The Kier molecular flexibility index (Phi) is 20.1. The molecule has 0 aliphatic rings. The third-order valence-electron chi connectivity index (χ3n) is 9.18. The molecule has 0 saturated carbocycles. The first kappa shape index (κ1) is 61.8. The van der Waals surface area contributed by atoms with Crippen molar-refractivity contribution in [1.29, 1.82) is 0 Å². The van der Waals surface area contributed by atoms with E-state index >= 15 is 0 Å². The van der Waals surface area contributed by atoms with E-state index in [-0.39, 0.29) is 140 Å². The monoisotopic (exact) mass is 989 g/mol. The van der Waals surface area contributed by atoms with Crippen LogP contribution in [0.15, 0.2) is 79.0 Å². The van der Waals surface area contributed by atoms with Crippen molar-refractivity contribution in [3.8, 4) is 29.3 Å². The Hall–Kier alpha value is -6.34. The summed E-state index contributed by atoms with van der Waals surface area (Å²) in [5.74, 6) is -10.2. The standard InChI is InChI=1S/C35H29N17O13S2.5Li/c1-13-23(43-45-27-21(66(3,62)63)11-38-49(27)15-5-7-17(29(53)54)19(9-15)31(57)58)25(36)51(47-13)33-40-34(42-35(61)41-33)52-26(37)24(14(2)48-52)44-46-28-22(67(4,64)65)12-39-50(28)16-6-8-18(30(55)56)20(10-16)32(59)60;;;;;/h5-12H,36-37H2,1-4H3,(H,53,54)(H,55,56)(H,57,58)(H,59,60)(H,40,41,42,61);;;;;/q;5*+1/p-5. The molecule has 0 amide bonds. The van der Waals surface area contributed by atoms with Crippen molar-refractivity contribution < 1.29 is 156 Å². The van der Waals surface area contributed by atoms with Gasteiger partial charge < -0.3 is 56.2 Å². The molecule has 7 aromatic rings. The van der Waals surface area contributed by atoms with Crippen molar-refractivity contribution in [2.75, 3.05) is 24.0 Å². The molecule has 344 valence electrons. The average molecular weight is 990 g/mol. The number of hydrogen-bond donors (Lipinski definition) is 2. The summed E-state index contributed by atoms with van der Waals surface area (Å²) in [5, 5.41) is 91.8. The third kappa shape index (κ3) is 12.1. The Morgan fingerprint density at radius 1 is 0.528 bits per heavy atom. The Balaban J connectivity index is 0.00000355. The number of nitrogen functional groups attached to an aromatic ring is 2. The molecule has 2 aromatic carbocycles. The number of hydrogen-bond acceptors (Lipinski definition) is 26. The van der Waals surface area contributed by atoms with Crippen LogP contribution in [0, 0.1) is 13.8 Å². The van der Waals surface area contributed by atoms with Gasteiger partial charge >= 0.3 is 94.3 Å². The largest absolute Gasteiger partial charge is 1.00 e. The summed E-state index contributed by atoms with van der Waals surface area (Å²) >= 11 is 0. The van der Waals surface area contributed by atoms with Gasteiger partial charge in [-0.3, -0.25) is 0 Å². The molecule has 7 rings (SSSR count). The Morgan fingerprint density at radius 2 is 0.861 bits per heavy atom. The number of anilines is 2. The van der Waals surface area contributed by atoms with Gasteiger partial charge in [-0.2, -0.15) is 34.7 Å². The van der Waals surface area contributed by atoms with E-state index in [9.17, 15) is 61.5 Å². The van der Waals surface area contributed by atoms with Crippen LogP contribution in [0.4, 0.5) is 34.6 Å². The first-order chi connectivity index (χ1) is 31.4. The molecular weight excluding hydrogens is 965 g/mol. The number of sulfone groups is 2. The Bertz CT molecular complexity index is 3370. The third-order valence-corrected chi connectivity index (χ3v) is 11.4. The van der Waals surface area contributed by atoms with E-state index in [2.05, 4.69) is 55.8 Å². The number of azo groups is 2. The van der Waals surface area contributed by atoms with E-state index in [0.29, 0.717) is 0 Å². The molecular formula is C35H24Li5N17O13S2. The van der Waals surface area contributed by atoms with Crippen LogP contribution in [0.25, 0.3) is 23.3 Å². The molecule has 0 atom stereocenters. The van der Waals surface area contributed by atoms with Gasteiger partial charge in [0, 0.05) is 34.8 Å². The summed E-state index contributed by atoms with van der Waals surface area (Å²) < 4.78 is 54.2. The number of benzene rings is 2. The number of nitrogens with two attached hydrogens (primary N) is 2. The van der Waals surface area contributed by atoms with Gasteiger partial charge in [0.2, 0.25) is 0 Å². The quantitative estimate of drug-likeness (QED) is 0.0754. The predicted molar refractivity (Wildman–Crippen MR) is 211 cm³/mol. The van der Waals surface area contributed by atoms with Gasteiger partial charge in [0.05, 0.1) is 65.0 Å². The van der Waals surface area contributed by atoms with E-state index in [1.807, 2.05) is 0 Å². The number of nitrogens with zero attached hydrogens (tertiary/aromatic N) is 15. The van der Waals surface area contributed by atoms with Gasteiger partial charge in [-0.05, 0) is 38.1 Å². The Labute approximate surface area is 464 Å². The second-order valence-corrected chi connectivity index (χ2v) is 17.7. The summed E-state index contributed by atoms with van der Waals surface area (Å²) in [7, 11) is -8.19. The minimum Gasteiger partial charge on any atom is -0.844 e. The molecule has 0 saturated heterocycles. The number of carbonyl (C=O) groups is 4. The number of carboxylic acids is 4. The number of aromatic carboxylic acids is 4. The first-order valence-corrected chi connectivity index (χ1v) is 21.8. The molecule has 0 aliphatic carbocycles. The Morgan fingerprint density at radius 3 is 1.17 bits per heavy atom. The van der Waals surface area contributed by atoms with E-state index < -0.39 is 105 Å². The van der Waals surface area contributed by atoms with Gasteiger partial charge in [-0.1, -0.05) is 12.1 Å². The van der Waals surface area contributed by atoms with Crippen LogP contribution in [-0.2, 0) is 19.7 Å².